The van der Waals surface area contributed by atoms with E-state index in [0.29, 0.717) is 23.8 Å². The standard InChI is InChI=1S/C19H21N3O3S/c1-23-13-7-11(8-14(24-2)17(13)25-3)9-20-18-16-12-5-4-6-15(12)26-19(16)22-10-21-18/h7-8,10H,4-6,9H2,1-3H3,(H,20,21,22). The van der Waals surface area contributed by atoms with Crippen LogP contribution in [0.15, 0.2) is 18.5 Å². The topological polar surface area (TPSA) is 65.5 Å². The number of fused-ring (bicyclic) bond motifs is 3. The molecule has 7 heteroatoms. The number of ether oxygens (including phenoxy) is 3. The van der Waals surface area contributed by atoms with Gasteiger partial charge < -0.3 is 19.5 Å². The van der Waals surface area contributed by atoms with Crippen LogP contribution in [0.4, 0.5) is 5.82 Å². The van der Waals surface area contributed by atoms with Crippen molar-refractivity contribution in [2.24, 2.45) is 0 Å². The van der Waals surface area contributed by atoms with E-state index in [4.69, 9.17) is 14.2 Å². The minimum absolute atomic E-state index is 0.596. The lowest BCUT2D eigenvalue weighted by molar-refractivity contribution is 0.324. The van der Waals surface area contributed by atoms with Crippen molar-refractivity contribution in [3.05, 3.63) is 34.5 Å². The van der Waals surface area contributed by atoms with Crippen LogP contribution in [-0.4, -0.2) is 31.3 Å². The van der Waals surface area contributed by atoms with E-state index in [1.807, 2.05) is 12.1 Å². The molecule has 0 radical (unpaired) electrons. The fraction of sp³-hybridized carbons (Fsp3) is 0.368. The maximum atomic E-state index is 5.43. The van der Waals surface area contributed by atoms with E-state index in [-0.39, 0.29) is 0 Å². The minimum atomic E-state index is 0.596. The number of thiophene rings is 1. The molecule has 0 spiro atoms. The van der Waals surface area contributed by atoms with E-state index in [1.54, 1.807) is 39.0 Å². The summed E-state index contributed by atoms with van der Waals surface area (Å²) in [5, 5.41) is 4.64. The van der Waals surface area contributed by atoms with Gasteiger partial charge in [0.05, 0.1) is 26.7 Å². The molecule has 1 aromatic carbocycles. The summed E-state index contributed by atoms with van der Waals surface area (Å²) in [4.78, 5) is 11.5. The van der Waals surface area contributed by atoms with E-state index in [0.717, 1.165) is 29.1 Å². The molecular weight excluding hydrogens is 350 g/mol. The van der Waals surface area contributed by atoms with Gasteiger partial charge in [-0.25, -0.2) is 9.97 Å². The van der Waals surface area contributed by atoms with Gasteiger partial charge in [-0.05, 0) is 42.5 Å². The van der Waals surface area contributed by atoms with E-state index in [2.05, 4.69) is 15.3 Å². The predicted molar refractivity (Wildman–Crippen MR) is 103 cm³/mol. The first-order valence-corrected chi connectivity index (χ1v) is 9.34. The monoisotopic (exact) mass is 371 g/mol. The largest absolute Gasteiger partial charge is 0.493 e. The van der Waals surface area contributed by atoms with Crippen LogP contribution >= 0.6 is 11.3 Å². The zero-order chi connectivity index (χ0) is 18.1. The van der Waals surface area contributed by atoms with Crippen molar-refractivity contribution in [1.82, 2.24) is 9.97 Å². The first kappa shape index (κ1) is 16.9. The highest BCUT2D eigenvalue weighted by Crippen LogP contribution is 2.40. The SMILES string of the molecule is COc1cc(CNc2ncnc3sc4c(c23)CCC4)cc(OC)c1OC. The third kappa shape index (κ3) is 2.82. The Labute approximate surface area is 156 Å². The molecule has 0 unspecified atom stereocenters. The molecule has 2 aromatic heterocycles. The summed E-state index contributed by atoms with van der Waals surface area (Å²) in [6, 6.07) is 3.90. The Hall–Kier alpha value is -2.54. The molecular formula is C19H21N3O3S. The Kier molecular flexibility index (Phi) is 4.55. The maximum Gasteiger partial charge on any atom is 0.203 e. The van der Waals surface area contributed by atoms with Gasteiger partial charge in [-0.1, -0.05) is 0 Å². The van der Waals surface area contributed by atoms with E-state index in [9.17, 15) is 0 Å². The summed E-state index contributed by atoms with van der Waals surface area (Å²) in [6.45, 7) is 0.605. The average molecular weight is 371 g/mol. The number of rotatable bonds is 6. The summed E-state index contributed by atoms with van der Waals surface area (Å²) in [5.74, 6) is 2.78. The third-order valence-corrected chi connectivity index (χ3v) is 5.89. The van der Waals surface area contributed by atoms with Crippen LogP contribution in [0.2, 0.25) is 0 Å². The van der Waals surface area contributed by atoms with Gasteiger partial charge in [0.25, 0.3) is 0 Å². The molecule has 0 saturated carbocycles. The van der Waals surface area contributed by atoms with E-state index >= 15 is 0 Å². The lowest BCUT2D eigenvalue weighted by Crippen LogP contribution is -2.04. The van der Waals surface area contributed by atoms with Crippen molar-refractivity contribution in [2.75, 3.05) is 26.6 Å². The smallest absolute Gasteiger partial charge is 0.203 e. The first-order valence-electron chi connectivity index (χ1n) is 8.53. The van der Waals surface area contributed by atoms with Gasteiger partial charge >= 0.3 is 0 Å². The number of hydrogen-bond acceptors (Lipinski definition) is 7. The third-order valence-electron chi connectivity index (χ3n) is 4.69. The summed E-state index contributed by atoms with van der Waals surface area (Å²) in [7, 11) is 4.85. The summed E-state index contributed by atoms with van der Waals surface area (Å²) < 4.78 is 16.3. The van der Waals surface area contributed by atoms with Gasteiger partial charge in [-0.3, -0.25) is 0 Å². The Morgan fingerprint density at radius 2 is 1.81 bits per heavy atom. The van der Waals surface area contributed by atoms with Crippen LogP contribution < -0.4 is 19.5 Å². The lowest BCUT2D eigenvalue weighted by atomic mass is 10.1. The molecule has 3 aromatic rings. The number of hydrogen-bond donors (Lipinski definition) is 1. The molecule has 0 aliphatic heterocycles. The highest BCUT2D eigenvalue weighted by molar-refractivity contribution is 7.19. The molecule has 26 heavy (non-hydrogen) atoms. The molecule has 1 aliphatic rings. The van der Waals surface area contributed by atoms with Crippen LogP contribution in [0.3, 0.4) is 0 Å². The number of aromatic nitrogens is 2. The molecule has 1 aliphatic carbocycles. The molecule has 1 N–H and O–H groups in total. The molecule has 0 bridgehead atoms. The van der Waals surface area contributed by atoms with Crippen LogP contribution in [-0.2, 0) is 19.4 Å². The minimum Gasteiger partial charge on any atom is -0.493 e. The second kappa shape index (κ2) is 6.99. The Balaban J connectivity index is 1.65. The van der Waals surface area contributed by atoms with E-state index < -0.39 is 0 Å². The highest BCUT2D eigenvalue weighted by atomic mass is 32.1. The summed E-state index contributed by atoms with van der Waals surface area (Å²) in [6.07, 6.45) is 5.12. The number of nitrogens with one attached hydrogen (secondary N) is 1. The number of aryl methyl sites for hydroxylation is 2. The zero-order valence-electron chi connectivity index (χ0n) is 15.1. The lowest BCUT2D eigenvalue weighted by Gasteiger charge is -2.15. The molecule has 136 valence electrons. The van der Waals surface area contributed by atoms with Crippen LogP contribution in [0.25, 0.3) is 10.2 Å². The summed E-state index contributed by atoms with van der Waals surface area (Å²) >= 11 is 1.79. The zero-order valence-corrected chi connectivity index (χ0v) is 15.9. The van der Waals surface area contributed by atoms with Gasteiger partial charge in [-0.15, -0.1) is 11.3 Å². The van der Waals surface area contributed by atoms with Crippen molar-refractivity contribution >= 4 is 27.4 Å². The van der Waals surface area contributed by atoms with Gasteiger partial charge in [-0.2, -0.15) is 0 Å². The van der Waals surface area contributed by atoms with Crippen molar-refractivity contribution in [2.45, 2.75) is 25.8 Å². The molecule has 2 heterocycles. The molecule has 0 atom stereocenters. The van der Waals surface area contributed by atoms with Crippen LogP contribution in [0.5, 0.6) is 17.2 Å². The van der Waals surface area contributed by atoms with Crippen molar-refractivity contribution in [1.29, 1.82) is 0 Å². The first-order chi connectivity index (χ1) is 12.7. The second-order valence-electron chi connectivity index (χ2n) is 6.15. The molecule has 0 amide bonds. The number of benzene rings is 1. The fourth-order valence-corrected chi connectivity index (χ4v) is 4.71. The Morgan fingerprint density at radius 3 is 2.50 bits per heavy atom. The van der Waals surface area contributed by atoms with Gasteiger partial charge in [0.1, 0.15) is 17.0 Å². The number of nitrogens with zero attached hydrogens (tertiary/aromatic N) is 2. The molecule has 6 nitrogen and oxygen atoms in total. The van der Waals surface area contributed by atoms with E-state index in [1.165, 1.54) is 22.2 Å². The second-order valence-corrected chi connectivity index (χ2v) is 7.23. The van der Waals surface area contributed by atoms with Gasteiger partial charge in [0, 0.05) is 11.4 Å². The maximum absolute atomic E-state index is 5.43. The quantitative estimate of drug-likeness (QED) is 0.711. The average Bonchev–Trinajstić information content (AvgIpc) is 3.26. The van der Waals surface area contributed by atoms with Gasteiger partial charge in [0.15, 0.2) is 11.5 Å². The predicted octanol–water partition coefficient (Wildman–Crippen LogP) is 3.82. The Morgan fingerprint density at radius 1 is 1.04 bits per heavy atom. The number of methoxy groups -OCH3 is 3. The normalized spacial score (nSPS) is 12.9. The highest BCUT2D eigenvalue weighted by Gasteiger charge is 2.21. The van der Waals surface area contributed by atoms with Crippen LogP contribution in [0, 0.1) is 0 Å². The fourth-order valence-electron chi connectivity index (χ4n) is 3.49. The summed E-state index contributed by atoms with van der Waals surface area (Å²) in [5.41, 5.74) is 2.44. The molecule has 0 saturated heterocycles. The number of anilines is 1. The van der Waals surface area contributed by atoms with Gasteiger partial charge in [0.2, 0.25) is 5.75 Å². The molecule has 0 fully saturated rings. The Bertz CT molecular complexity index is 930. The van der Waals surface area contributed by atoms with Crippen molar-refractivity contribution < 1.29 is 14.2 Å². The molecule has 4 rings (SSSR count). The van der Waals surface area contributed by atoms with Crippen LogP contribution in [0.1, 0.15) is 22.4 Å². The van der Waals surface area contributed by atoms with Crippen molar-refractivity contribution in [3.8, 4) is 17.2 Å². The van der Waals surface area contributed by atoms with Crippen molar-refractivity contribution in [3.63, 3.8) is 0 Å².